The number of ether oxygens (including phenoxy) is 2. The Kier molecular flexibility index (Phi) is 2.52. The van der Waals surface area contributed by atoms with Crippen molar-refractivity contribution in [2.24, 2.45) is 0 Å². The Hall–Kier alpha value is -0.930. The van der Waals surface area contributed by atoms with Crippen molar-refractivity contribution in [2.45, 2.75) is 4.75 Å². The van der Waals surface area contributed by atoms with Gasteiger partial charge >= 0.3 is 0 Å². The molecular weight excluding hydrogens is 196 g/mol. The predicted octanol–water partition coefficient (Wildman–Crippen LogP) is 2.36. The number of hydrogen-bond acceptors (Lipinski definition) is 3. The van der Waals surface area contributed by atoms with Crippen molar-refractivity contribution >= 4 is 12.6 Å². The SMILES string of the molecule is C=COc1ccc(C2(S)COC2)cc1. The van der Waals surface area contributed by atoms with E-state index in [4.69, 9.17) is 9.47 Å². The summed E-state index contributed by atoms with van der Waals surface area (Å²) in [5.74, 6) is 0.793. The Balaban J connectivity index is 2.17. The molecule has 1 aliphatic heterocycles. The fourth-order valence-corrected chi connectivity index (χ4v) is 1.73. The highest BCUT2D eigenvalue weighted by Crippen LogP contribution is 2.36. The fourth-order valence-electron chi connectivity index (χ4n) is 1.40. The quantitative estimate of drug-likeness (QED) is 0.607. The third kappa shape index (κ3) is 1.65. The second kappa shape index (κ2) is 3.67. The molecule has 1 saturated heterocycles. The van der Waals surface area contributed by atoms with Crippen LogP contribution in [0.25, 0.3) is 0 Å². The first-order chi connectivity index (χ1) is 6.74. The van der Waals surface area contributed by atoms with E-state index < -0.39 is 0 Å². The minimum Gasteiger partial charge on any atom is -0.466 e. The summed E-state index contributed by atoms with van der Waals surface area (Å²) in [7, 11) is 0. The maximum atomic E-state index is 5.15. The van der Waals surface area contributed by atoms with Gasteiger partial charge in [0, 0.05) is 0 Å². The topological polar surface area (TPSA) is 18.5 Å². The largest absolute Gasteiger partial charge is 0.466 e. The molecule has 0 bridgehead atoms. The molecule has 0 amide bonds. The van der Waals surface area contributed by atoms with E-state index in [0.717, 1.165) is 5.75 Å². The van der Waals surface area contributed by atoms with Crippen molar-refractivity contribution < 1.29 is 9.47 Å². The molecule has 74 valence electrons. The molecule has 1 aromatic carbocycles. The third-order valence-corrected chi connectivity index (χ3v) is 2.81. The van der Waals surface area contributed by atoms with Gasteiger partial charge in [0.1, 0.15) is 5.75 Å². The van der Waals surface area contributed by atoms with E-state index in [1.165, 1.54) is 11.8 Å². The monoisotopic (exact) mass is 208 g/mol. The molecule has 2 nitrogen and oxygen atoms in total. The maximum Gasteiger partial charge on any atom is 0.126 e. The minimum atomic E-state index is -0.104. The fraction of sp³-hybridized carbons (Fsp3) is 0.273. The average molecular weight is 208 g/mol. The second-order valence-corrected chi connectivity index (χ2v) is 4.19. The highest BCUT2D eigenvalue weighted by atomic mass is 32.1. The van der Waals surface area contributed by atoms with E-state index in [-0.39, 0.29) is 4.75 Å². The number of benzene rings is 1. The van der Waals surface area contributed by atoms with Gasteiger partial charge in [-0.15, -0.1) is 0 Å². The van der Waals surface area contributed by atoms with Crippen LogP contribution in [0.3, 0.4) is 0 Å². The van der Waals surface area contributed by atoms with Gasteiger partial charge in [0.2, 0.25) is 0 Å². The van der Waals surface area contributed by atoms with E-state index in [0.29, 0.717) is 13.2 Å². The molecule has 14 heavy (non-hydrogen) atoms. The van der Waals surface area contributed by atoms with Crippen molar-refractivity contribution in [1.29, 1.82) is 0 Å². The van der Waals surface area contributed by atoms with E-state index in [1.54, 1.807) is 0 Å². The highest BCUT2D eigenvalue weighted by molar-refractivity contribution is 7.81. The molecule has 2 rings (SSSR count). The molecular formula is C11H12O2S. The van der Waals surface area contributed by atoms with Crippen LogP contribution in [0.15, 0.2) is 37.1 Å². The smallest absolute Gasteiger partial charge is 0.126 e. The summed E-state index contributed by atoms with van der Waals surface area (Å²) >= 11 is 4.56. The Bertz CT molecular complexity index is 328. The van der Waals surface area contributed by atoms with E-state index >= 15 is 0 Å². The summed E-state index contributed by atoms with van der Waals surface area (Å²) in [5, 5.41) is 0. The van der Waals surface area contributed by atoms with Gasteiger partial charge in [-0.25, -0.2) is 0 Å². The van der Waals surface area contributed by atoms with Crippen LogP contribution in [0.1, 0.15) is 5.56 Å². The zero-order valence-corrected chi connectivity index (χ0v) is 8.67. The molecule has 0 atom stereocenters. The van der Waals surface area contributed by atoms with Crippen LogP contribution >= 0.6 is 12.6 Å². The van der Waals surface area contributed by atoms with Crippen molar-refractivity contribution in [3.63, 3.8) is 0 Å². The first kappa shape index (κ1) is 9.62. The summed E-state index contributed by atoms with van der Waals surface area (Å²) in [6, 6.07) is 7.84. The standard InChI is InChI=1S/C11H12O2S/c1-2-13-10-5-3-9(4-6-10)11(14)7-12-8-11/h2-6,14H,1,7-8H2. The number of rotatable bonds is 3. The molecule has 0 aromatic heterocycles. The van der Waals surface area contributed by atoms with Gasteiger partial charge < -0.3 is 9.47 Å². The zero-order valence-electron chi connectivity index (χ0n) is 7.77. The van der Waals surface area contributed by atoms with Crippen molar-refractivity contribution in [1.82, 2.24) is 0 Å². The molecule has 0 saturated carbocycles. The molecule has 3 heteroatoms. The van der Waals surface area contributed by atoms with E-state index in [2.05, 4.69) is 19.2 Å². The molecule has 0 radical (unpaired) electrons. The highest BCUT2D eigenvalue weighted by Gasteiger charge is 2.36. The predicted molar refractivity (Wildman–Crippen MR) is 58.8 cm³/mol. The lowest BCUT2D eigenvalue weighted by atomic mass is 9.96. The molecule has 1 aliphatic rings. The molecule has 1 heterocycles. The Morgan fingerprint density at radius 2 is 2.00 bits per heavy atom. The summed E-state index contributed by atoms with van der Waals surface area (Å²) < 4.78 is 10.2. The van der Waals surface area contributed by atoms with Crippen molar-refractivity contribution in [3.05, 3.63) is 42.7 Å². The number of thiol groups is 1. The van der Waals surface area contributed by atoms with Crippen LogP contribution in [0.2, 0.25) is 0 Å². The summed E-state index contributed by atoms with van der Waals surface area (Å²) in [4.78, 5) is 0. The van der Waals surface area contributed by atoms with Crippen molar-refractivity contribution in [3.8, 4) is 5.75 Å². The van der Waals surface area contributed by atoms with Gasteiger partial charge in [-0.2, -0.15) is 12.6 Å². The lowest BCUT2D eigenvalue weighted by Gasteiger charge is -2.37. The Labute approximate surface area is 88.9 Å². The van der Waals surface area contributed by atoms with Gasteiger partial charge in [0.25, 0.3) is 0 Å². The van der Waals surface area contributed by atoms with Crippen molar-refractivity contribution in [2.75, 3.05) is 13.2 Å². The molecule has 1 aromatic rings. The van der Waals surface area contributed by atoms with Crippen LogP contribution in [-0.2, 0) is 9.48 Å². The lowest BCUT2D eigenvalue weighted by molar-refractivity contribution is -0.00970. The van der Waals surface area contributed by atoms with E-state index in [1.807, 2.05) is 24.3 Å². The summed E-state index contributed by atoms with van der Waals surface area (Å²) in [5.41, 5.74) is 1.17. The minimum absolute atomic E-state index is 0.104. The molecule has 0 aliphatic carbocycles. The second-order valence-electron chi connectivity index (χ2n) is 3.33. The maximum absolute atomic E-state index is 5.15. The third-order valence-electron chi connectivity index (χ3n) is 2.29. The number of hydrogen-bond donors (Lipinski definition) is 1. The van der Waals surface area contributed by atoms with E-state index in [9.17, 15) is 0 Å². The zero-order chi connectivity index (χ0) is 10.0. The first-order valence-corrected chi connectivity index (χ1v) is 4.87. The first-order valence-electron chi connectivity index (χ1n) is 4.43. The summed E-state index contributed by atoms with van der Waals surface area (Å²) in [6.07, 6.45) is 1.41. The molecule has 1 fully saturated rings. The van der Waals surface area contributed by atoms with Gasteiger partial charge in [0.05, 0.1) is 24.2 Å². The average Bonchev–Trinajstić information content (AvgIpc) is 2.16. The normalized spacial score (nSPS) is 18.4. The van der Waals surface area contributed by atoms with Gasteiger partial charge in [-0.05, 0) is 17.7 Å². The van der Waals surface area contributed by atoms with Crippen LogP contribution in [0, 0.1) is 0 Å². The van der Waals surface area contributed by atoms with Gasteiger partial charge in [0.15, 0.2) is 0 Å². The summed E-state index contributed by atoms with van der Waals surface area (Å²) in [6.45, 7) is 4.85. The molecule has 0 unspecified atom stereocenters. The van der Waals surface area contributed by atoms with Crippen LogP contribution in [0.4, 0.5) is 0 Å². The van der Waals surface area contributed by atoms with Crippen LogP contribution in [-0.4, -0.2) is 13.2 Å². The Morgan fingerprint density at radius 3 is 2.43 bits per heavy atom. The Morgan fingerprint density at radius 1 is 1.36 bits per heavy atom. The van der Waals surface area contributed by atoms with Crippen LogP contribution in [0.5, 0.6) is 5.75 Å². The van der Waals surface area contributed by atoms with Gasteiger partial charge in [-0.3, -0.25) is 0 Å². The lowest BCUT2D eigenvalue weighted by Crippen LogP contribution is -2.41. The molecule has 0 spiro atoms. The molecule has 0 N–H and O–H groups in total. The van der Waals surface area contributed by atoms with Crippen LogP contribution < -0.4 is 4.74 Å². The van der Waals surface area contributed by atoms with Gasteiger partial charge in [-0.1, -0.05) is 18.7 Å².